The first-order valence-corrected chi connectivity index (χ1v) is 18.4. The highest BCUT2D eigenvalue weighted by molar-refractivity contribution is 7.87. The molecular weight excluding hydrogens is 593 g/mol. The Bertz CT molecular complexity index is 1520. The van der Waals surface area contributed by atoms with Gasteiger partial charge in [0.05, 0.1) is 0 Å². The summed E-state index contributed by atoms with van der Waals surface area (Å²) in [4.78, 5) is 0.332. The van der Waals surface area contributed by atoms with Crippen molar-refractivity contribution in [1.29, 1.82) is 0 Å². The summed E-state index contributed by atoms with van der Waals surface area (Å²) in [5, 5.41) is 0. The van der Waals surface area contributed by atoms with Crippen molar-refractivity contribution in [2.24, 2.45) is 0 Å². The molecule has 0 heterocycles. The van der Waals surface area contributed by atoms with Gasteiger partial charge in [-0.15, -0.1) is 0 Å². The Morgan fingerprint density at radius 1 is 0.432 bits per heavy atom. The quantitative estimate of drug-likeness (QED) is 0.183. The molecule has 0 N–H and O–H groups in total. The van der Waals surface area contributed by atoms with Crippen LogP contribution in [0.25, 0.3) is 0 Å². The molecule has 3 aromatic rings. The summed E-state index contributed by atoms with van der Waals surface area (Å²) in [7, 11) is -8.55. The third-order valence-electron chi connectivity index (χ3n) is 7.88. The molecule has 242 valence electrons. The van der Waals surface area contributed by atoms with Crippen molar-refractivity contribution in [1.82, 2.24) is 0 Å². The molecule has 0 unspecified atom stereocenters. The van der Waals surface area contributed by atoms with Crippen LogP contribution in [0.4, 0.5) is 0 Å². The largest absolute Gasteiger partial charge is 0.379 e. The van der Waals surface area contributed by atoms with Crippen molar-refractivity contribution >= 4 is 20.2 Å². The van der Waals surface area contributed by atoms with Gasteiger partial charge in [-0.25, -0.2) is 0 Å². The van der Waals surface area contributed by atoms with Crippen LogP contribution in [0.5, 0.6) is 11.5 Å². The maximum absolute atomic E-state index is 13.9. The molecular formula is C36H50O6S2. The fraction of sp³-hybridized carbons (Fsp3) is 0.500. The molecule has 0 fully saturated rings. The van der Waals surface area contributed by atoms with E-state index < -0.39 is 20.2 Å². The molecule has 0 amide bonds. The van der Waals surface area contributed by atoms with E-state index in [1.165, 1.54) is 24.3 Å². The number of hydrogen-bond acceptors (Lipinski definition) is 6. The Morgan fingerprint density at radius 3 is 0.932 bits per heavy atom. The zero-order valence-corrected chi connectivity index (χ0v) is 30.0. The van der Waals surface area contributed by atoms with Crippen LogP contribution in [0.2, 0.25) is 0 Å². The van der Waals surface area contributed by atoms with Gasteiger partial charge in [-0.1, -0.05) is 113 Å². The summed E-state index contributed by atoms with van der Waals surface area (Å²) in [5.74, 6) is 0.147. The monoisotopic (exact) mass is 642 g/mol. The molecule has 3 rings (SSSR count). The molecule has 0 aliphatic heterocycles. The molecule has 0 spiro atoms. The third-order valence-corrected chi connectivity index (χ3v) is 10.6. The van der Waals surface area contributed by atoms with Gasteiger partial charge in [0.25, 0.3) is 0 Å². The van der Waals surface area contributed by atoms with E-state index in [0.717, 1.165) is 11.1 Å². The molecule has 0 atom stereocenters. The first kappa shape index (κ1) is 35.6. The van der Waals surface area contributed by atoms with Crippen molar-refractivity contribution in [3.8, 4) is 11.5 Å². The van der Waals surface area contributed by atoms with Gasteiger partial charge in [0.15, 0.2) is 0 Å². The molecule has 0 saturated heterocycles. The summed E-state index contributed by atoms with van der Waals surface area (Å²) in [6, 6.07) is 13.6. The minimum Gasteiger partial charge on any atom is -0.379 e. The lowest BCUT2D eigenvalue weighted by Crippen LogP contribution is -2.18. The first-order chi connectivity index (χ1) is 20.3. The van der Waals surface area contributed by atoms with Crippen molar-refractivity contribution < 1.29 is 25.2 Å². The van der Waals surface area contributed by atoms with Gasteiger partial charge < -0.3 is 8.37 Å². The van der Waals surface area contributed by atoms with E-state index in [1.807, 2.05) is 79.7 Å². The minimum atomic E-state index is -4.27. The smallest absolute Gasteiger partial charge is 0.339 e. The summed E-state index contributed by atoms with van der Waals surface area (Å²) in [5.41, 5.74) is 4.92. The van der Waals surface area contributed by atoms with Crippen molar-refractivity contribution in [3.63, 3.8) is 0 Å². The van der Waals surface area contributed by atoms with Crippen LogP contribution >= 0.6 is 0 Å². The number of rotatable bonds is 12. The van der Waals surface area contributed by atoms with E-state index in [1.54, 1.807) is 0 Å². The topological polar surface area (TPSA) is 86.7 Å². The second-order valence-corrected chi connectivity index (χ2v) is 16.5. The SMILES string of the molecule is CC(C)c1cc(C(C)C)c(S(=O)(=O)Oc2cccc(OS(=O)(=O)c3c(C(C)C)cc(C(C)C)cc3C(C)C)c2)c(C(C)C)c1. The summed E-state index contributed by atoms with van der Waals surface area (Å²) in [6.07, 6.45) is 0. The Kier molecular flexibility index (Phi) is 11.1. The normalized spacial score (nSPS) is 12.8. The highest BCUT2D eigenvalue weighted by atomic mass is 32.2. The minimum absolute atomic E-state index is 0.0293. The predicted molar refractivity (Wildman–Crippen MR) is 179 cm³/mol. The number of hydrogen-bond donors (Lipinski definition) is 0. The van der Waals surface area contributed by atoms with Crippen LogP contribution in [-0.2, 0) is 20.2 Å². The molecule has 0 aromatic heterocycles. The molecule has 44 heavy (non-hydrogen) atoms. The van der Waals surface area contributed by atoms with Gasteiger partial charge in [0.1, 0.15) is 21.3 Å². The highest BCUT2D eigenvalue weighted by Gasteiger charge is 2.31. The molecule has 0 aliphatic rings. The van der Waals surface area contributed by atoms with Crippen molar-refractivity contribution in [2.75, 3.05) is 0 Å². The molecule has 3 aromatic carbocycles. The second kappa shape index (κ2) is 13.7. The van der Waals surface area contributed by atoms with E-state index >= 15 is 0 Å². The summed E-state index contributed by atoms with van der Waals surface area (Å²) in [6.45, 7) is 24.1. The molecule has 0 bridgehead atoms. The van der Waals surface area contributed by atoms with Crippen LogP contribution in [-0.4, -0.2) is 16.8 Å². The van der Waals surface area contributed by atoms with Gasteiger partial charge in [0, 0.05) is 6.07 Å². The summed E-state index contributed by atoms with van der Waals surface area (Å²) >= 11 is 0. The first-order valence-electron chi connectivity index (χ1n) is 15.6. The summed E-state index contributed by atoms with van der Waals surface area (Å²) < 4.78 is 67.0. The van der Waals surface area contributed by atoms with Crippen LogP contribution in [0.3, 0.4) is 0 Å². The Morgan fingerprint density at radius 2 is 0.705 bits per heavy atom. The zero-order valence-electron chi connectivity index (χ0n) is 28.3. The Balaban J connectivity index is 2.09. The molecule has 0 aliphatic carbocycles. The number of benzene rings is 3. The maximum atomic E-state index is 13.9. The molecule has 0 radical (unpaired) electrons. The van der Waals surface area contributed by atoms with Gasteiger partial charge in [0.2, 0.25) is 0 Å². The van der Waals surface area contributed by atoms with Crippen molar-refractivity contribution in [2.45, 2.75) is 128 Å². The van der Waals surface area contributed by atoms with Gasteiger partial charge in [-0.05, 0) is 81.0 Å². The van der Waals surface area contributed by atoms with Crippen LogP contribution < -0.4 is 8.37 Å². The fourth-order valence-electron chi connectivity index (χ4n) is 5.27. The van der Waals surface area contributed by atoms with Crippen LogP contribution in [0.1, 0.15) is 152 Å². The lowest BCUT2D eigenvalue weighted by atomic mass is 9.89. The maximum Gasteiger partial charge on any atom is 0.339 e. The van der Waals surface area contributed by atoms with E-state index in [0.29, 0.717) is 22.3 Å². The van der Waals surface area contributed by atoms with E-state index in [-0.39, 0.29) is 56.8 Å². The lowest BCUT2D eigenvalue weighted by Gasteiger charge is -2.23. The molecule has 6 nitrogen and oxygen atoms in total. The van der Waals surface area contributed by atoms with Gasteiger partial charge in [-0.3, -0.25) is 0 Å². The highest BCUT2D eigenvalue weighted by Crippen LogP contribution is 2.39. The third kappa shape index (κ3) is 7.86. The molecule has 0 saturated carbocycles. The van der Waals surface area contributed by atoms with Gasteiger partial charge >= 0.3 is 20.2 Å². The lowest BCUT2D eigenvalue weighted by molar-refractivity contribution is 0.472. The van der Waals surface area contributed by atoms with E-state index in [4.69, 9.17) is 8.37 Å². The Labute approximate surface area is 266 Å². The average molecular weight is 643 g/mol. The fourth-order valence-corrected chi connectivity index (χ4v) is 8.49. The van der Waals surface area contributed by atoms with Crippen molar-refractivity contribution in [3.05, 3.63) is 81.9 Å². The average Bonchev–Trinajstić information content (AvgIpc) is 2.90. The Hall–Kier alpha value is -2.84. The van der Waals surface area contributed by atoms with Crippen LogP contribution in [0.15, 0.2) is 58.3 Å². The van der Waals surface area contributed by atoms with E-state index in [9.17, 15) is 16.8 Å². The van der Waals surface area contributed by atoms with Gasteiger partial charge in [-0.2, -0.15) is 16.8 Å². The van der Waals surface area contributed by atoms with E-state index in [2.05, 4.69) is 27.7 Å². The second-order valence-electron chi connectivity index (χ2n) is 13.5. The predicted octanol–water partition coefficient (Wildman–Crippen LogP) is 9.96. The zero-order chi connectivity index (χ0) is 33.3. The van der Waals surface area contributed by atoms with Crippen LogP contribution in [0, 0.1) is 0 Å². The standard InChI is InChI=1S/C36H50O6S2/c1-21(2)27-16-31(23(5)6)35(32(17-27)24(7)8)43(37,38)41-29-14-13-15-30(20-29)42-44(39,40)36-33(25(9)10)18-28(22(3)4)19-34(36)26(11)12/h13-26H,1-12H3. The molecule has 8 heteroatoms.